The number of nitrogens with zero attached hydrogens (tertiary/aromatic N) is 4. The number of carbonyl (C=O) groups is 1. The first kappa shape index (κ1) is 24.9. The Labute approximate surface area is 218 Å². The van der Waals surface area contributed by atoms with E-state index in [-0.39, 0.29) is 5.91 Å². The van der Waals surface area contributed by atoms with Crippen LogP contribution in [0.4, 0.5) is 5.69 Å². The number of anilines is 1. The largest absolute Gasteiger partial charge is 0.387 e. The molecule has 0 bridgehead atoms. The zero-order chi connectivity index (χ0) is 25.1. The van der Waals surface area contributed by atoms with Crippen molar-refractivity contribution in [3.05, 3.63) is 88.2 Å². The third-order valence-corrected chi connectivity index (χ3v) is 7.71. The van der Waals surface area contributed by atoms with E-state index < -0.39 is 6.10 Å². The van der Waals surface area contributed by atoms with Crippen LogP contribution in [-0.2, 0) is 6.54 Å². The van der Waals surface area contributed by atoms with E-state index in [9.17, 15) is 9.90 Å². The van der Waals surface area contributed by atoms with Crippen molar-refractivity contribution >= 4 is 23.2 Å². The fraction of sp³-hybridized carbons (Fsp3) is 0.414. The molecule has 7 heteroatoms. The van der Waals surface area contributed by atoms with Crippen LogP contribution in [0.2, 0.25) is 5.02 Å². The summed E-state index contributed by atoms with van der Waals surface area (Å²) < 4.78 is 2.06. The lowest BCUT2D eigenvalue weighted by atomic mass is 10.1. The second kappa shape index (κ2) is 11.1. The van der Waals surface area contributed by atoms with Crippen molar-refractivity contribution in [2.45, 2.75) is 32.4 Å². The highest BCUT2D eigenvalue weighted by Gasteiger charge is 2.32. The summed E-state index contributed by atoms with van der Waals surface area (Å²) in [7, 11) is 0. The van der Waals surface area contributed by atoms with Crippen molar-refractivity contribution in [1.82, 2.24) is 14.4 Å². The molecule has 1 N–H and O–H groups in total. The van der Waals surface area contributed by atoms with E-state index in [0.717, 1.165) is 61.0 Å². The van der Waals surface area contributed by atoms with Crippen molar-refractivity contribution in [2.24, 2.45) is 0 Å². The molecular formula is C29H35ClN4O2. The monoisotopic (exact) mass is 506 g/mol. The molecular weight excluding hydrogens is 472 g/mol. The zero-order valence-corrected chi connectivity index (χ0v) is 21.7. The average molecular weight is 507 g/mol. The number of aryl methyl sites for hydroxylation is 1. The highest BCUT2D eigenvalue weighted by molar-refractivity contribution is 6.30. The first-order valence-electron chi connectivity index (χ1n) is 12.9. The van der Waals surface area contributed by atoms with Gasteiger partial charge in [0.05, 0.1) is 17.4 Å². The van der Waals surface area contributed by atoms with E-state index >= 15 is 0 Å². The van der Waals surface area contributed by atoms with Gasteiger partial charge in [0, 0.05) is 62.7 Å². The Hall–Kier alpha value is -2.80. The molecule has 1 amide bonds. The van der Waals surface area contributed by atoms with Gasteiger partial charge in [-0.2, -0.15) is 0 Å². The summed E-state index contributed by atoms with van der Waals surface area (Å²) in [6.45, 7) is 8.93. The molecule has 2 aromatic carbocycles. The van der Waals surface area contributed by atoms with E-state index in [1.807, 2.05) is 48.4 Å². The topological polar surface area (TPSA) is 52.0 Å². The van der Waals surface area contributed by atoms with Crippen molar-refractivity contribution < 1.29 is 9.90 Å². The first-order chi connectivity index (χ1) is 17.5. The zero-order valence-electron chi connectivity index (χ0n) is 20.9. The van der Waals surface area contributed by atoms with Gasteiger partial charge >= 0.3 is 0 Å². The number of aromatic nitrogens is 1. The van der Waals surface area contributed by atoms with Crippen LogP contribution in [0.3, 0.4) is 0 Å². The number of piperazine rings is 1. The van der Waals surface area contributed by atoms with Crippen LogP contribution in [0.1, 0.15) is 46.1 Å². The Bertz CT molecular complexity index is 1170. The maximum Gasteiger partial charge on any atom is 0.256 e. The highest BCUT2D eigenvalue weighted by atomic mass is 35.5. The summed E-state index contributed by atoms with van der Waals surface area (Å²) in [6, 6.07) is 18.3. The lowest BCUT2D eigenvalue weighted by Crippen LogP contribution is -2.47. The predicted molar refractivity (Wildman–Crippen MR) is 145 cm³/mol. The van der Waals surface area contributed by atoms with E-state index in [1.54, 1.807) is 0 Å². The lowest BCUT2D eigenvalue weighted by Gasteiger charge is -2.36. The number of hydrogen-bond donors (Lipinski definition) is 1. The van der Waals surface area contributed by atoms with Gasteiger partial charge in [-0.25, -0.2) is 0 Å². The number of aliphatic hydroxyl groups is 1. The smallest absolute Gasteiger partial charge is 0.256 e. The van der Waals surface area contributed by atoms with Crippen LogP contribution in [0.15, 0.2) is 60.8 Å². The molecule has 0 spiro atoms. The molecule has 3 aromatic rings. The predicted octanol–water partition coefficient (Wildman–Crippen LogP) is 4.59. The minimum atomic E-state index is -0.632. The number of aliphatic hydroxyl groups excluding tert-OH is 1. The molecule has 1 saturated heterocycles. The number of rotatable bonds is 7. The van der Waals surface area contributed by atoms with Crippen LogP contribution >= 0.6 is 11.6 Å². The standard InChI is InChI=1S/C29H35ClN4O2/c1-22-20-34(21-23-6-3-2-4-7-23)28-26(35)12-15-33(29(36)27(22)28)14-5-13-31-16-18-32(19-17-31)25-10-8-24(30)9-11-25/h2-4,6-11,20,26,35H,5,12-19,21H2,1H3. The van der Waals surface area contributed by atoms with E-state index in [1.165, 1.54) is 5.69 Å². The normalized spacial score (nSPS) is 18.9. The molecule has 1 aromatic heterocycles. The van der Waals surface area contributed by atoms with Crippen LogP contribution in [0.5, 0.6) is 0 Å². The molecule has 6 nitrogen and oxygen atoms in total. The molecule has 1 fully saturated rings. The van der Waals surface area contributed by atoms with Gasteiger partial charge in [-0.05, 0) is 61.7 Å². The average Bonchev–Trinajstić information content (AvgIpc) is 3.15. The Morgan fingerprint density at radius 2 is 1.67 bits per heavy atom. The van der Waals surface area contributed by atoms with E-state index in [4.69, 9.17) is 11.6 Å². The molecule has 2 aliphatic heterocycles. The van der Waals surface area contributed by atoms with Crippen molar-refractivity contribution in [3.8, 4) is 0 Å². The minimum Gasteiger partial charge on any atom is -0.387 e. The van der Waals surface area contributed by atoms with Crippen LogP contribution < -0.4 is 4.90 Å². The number of fused-ring (bicyclic) bond motifs is 1. The summed E-state index contributed by atoms with van der Waals surface area (Å²) in [5.74, 6) is 0.0541. The minimum absolute atomic E-state index is 0.0541. The fourth-order valence-corrected chi connectivity index (χ4v) is 5.64. The number of amides is 1. The van der Waals surface area contributed by atoms with Gasteiger partial charge in [0.1, 0.15) is 0 Å². The summed E-state index contributed by atoms with van der Waals surface area (Å²) in [6.07, 6.45) is 2.88. The summed E-state index contributed by atoms with van der Waals surface area (Å²) in [5, 5.41) is 11.8. The Morgan fingerprint density at radius 1 is 0.944 bits per heavy atom. The maximum atomic E-state index is 13.5. The highest BCUT2D eigenvalue weighted by Crippen LogP contribution is 2.31. The summed E-state index contributed by atoms with van der Waals surface area (Å²) in [4.78, 5) is 20.4. The molecule has 0 aliphatic carbocycles. The molecule has 1 unspecified atom stereocenters. The summed E-state index contributed by atoms with van der Waals surface area (Å²) >= 11 is 6.02. The van der Waals surface area contributed by atoms with Gasteiger partial charge in [0.25, 0.3) is 5.91 Å². The molecule has 36 heavy (non-hydrogen) atoms. The SMILES string of the molecule is Cc1cn(Cc2ccccc2)c2c1C(=O)N(CCCN1CCN(c3ccc(Cl)cc3)CC1)CCC2O. The molecule has 0 radical (unpaired) electrons. The first-order valence-corrected chi connectivity index (χ1v) is 13.3. The van der Waals surface area contributed by atoms with Gasteiger partial charge in [-0.3, -0.25) is 9.69 Å². The number of hydrogen-bond acceptors (Lipinski definition) is 4. The van der Waals surface area contributed by atoms with Crippen LogP contribution in [0, 0.1) is 6.92 Å². The van der Waals surface area contributed by atoms with Crippen LogP contribution in [-0.4, -0.2) is 71.2 Å². The Morgan fingerprint density at radius 3 is 2.39 bits per heavy atom. The molecule has 3 heterocycles. The number of halogens is 1. The molecule has 5 rings (SSSR count). The van der Waals surface area contributed by atoms with Gasteiger partial charge in [0.2, 0.25) is 0 Å². The van der Waals surface area contributed by atoms with E-state index in [2.05, 4.69) is 38.6 Å². The Balaban J connectivity index is 1.17. The van der Waals surface area contributed by atoms with Gasteiger partial charge in [0.15, 0.2) is 0 Å². The Kier molecular flexibility index (Phi) is 7.65. The quantitative estimate of drug-likeness (QED) is 0.509. The molecule has 190 valence electrons. The van der Waals surface area contributed by atoms with Crippen molar-refractivity contribution in [3.63, 3.8) is 0 Å². The third kappa shape index (κ3) is 5.46. The lowest BCUT2D eigenvalue weighted by molar-refractivity contribution is 0.0737. The number of carbonyl (C=O) groups excluding carboxylic acids is 1. The van der Waals surface area contributed by atoms with Gasteiger partial charge in [-0.1, -0.05) is 41.9 Å². The van der Waals surface area contributed by atoms with Crippen molar-refractivity contribution in [1.29, 1.82) is 0 Å². The molecule has 2 aliphatic rings. The third-order valence-electron chi connectivity index (χ3n) is 7.46. The van der Waals surface area contributed by atoms with Crippen LogP contribution in [0.25, 0.3) is 0 Å². The summed E-state index contributed by atoms with van der Waals surface area (Å²) in [5.41, 5.74) is 4.77. The van der Waals surface area contributed by atoms with Gasteiger partial charge < -0.3 is 19.5 Å². The van der Waals surface area contributed by atoms with Gasteiger partial charge in [-0.15, -0.1) is 0 Å². The molecule has 0 saturated carbocycles. The fourth-order valence-electron chi connectivity index (χ4n) is 5.52. The van der Waals surface area contributed by atoms with Crippen molar-refractivity contribution in [2.75, 3.05) is 50.7 Å². The second-order valence-electron chi connectivity index (χ2n) is 9.94. The number of benzene rings is 2. The molecule has 1 atom stereocenters. The van der Waals surface area contributed by atoms with E-state index in [0.29, 0.717) is 31.6 Å². The maximum absolute atomic E-state index is 13.5. The second-order valence-corrected chi connectivity index (χ2v) is 10.4.